The van der Waals surface area contributed by atoms with Crippen molar-refractivity contribution in [2.45, 2.75) is 13.5 Å². The lowest BCUT2D eigenvalue weighted by molar-refractivity contribution is -0.116. The van der Waals surface area contributed by atoms with Gasteiger partial charge in [-0.05, 0) is 70.9 Å². The molecule has 1 amide bonds. The molecule has 0 saturated heterocycles. The van der Waals surface area contributed by atoms with E-state index in [4.69, 9.17) is 9.47 Å². The van der Waals surface area contributed by atoms with E-state index in [-0.39, 0.29) is 11.7 Å². The molecule has 0 aliphatic rings. The highest BCUT2D eigenvalue weighted by atomic mass is 79.9. The molecular weight excluding hydrogens is 439 g/mol. The van der Waals surface area contributed by atoms with Crippen LogP contribution in [0.25, 0.3) is 17.0 Å². The summed E-state index contributed by atoms with van der Waals surface area (Å²) in [5, 5.41) is 3.73. The Balaban J connectivity index is 1.62. The van der Waals surface area contributed by atoms with Gasteiger partial charge in [-0.1, -0.05) is 0 Å². The van der Waals surface area contributed by atoms with Crippen LogP contribution in [0.5, 0.6) is 11.5 Å². The lowest BCUT2D eigenvalue weighted by atomic mass is 10.2. The molecule has 1 N–H and O–H groups in total. The van der Waals surface area contributed by atoms with Crippen molar-refractivity contribution in [3.63, 3.8) is 0 Å². The van der Waals surface area contributed by atoms with E-state index in [0.29, 0.717) is 24.6 Å². The summed E-state index contributed by atoms with van der Waals surface area (Å²) in [5.41, 5.74) is 2.77. The second-order valence-corrected chi connectivity index (χ2v) is 7.36. The molecule has 0 radical (unpaired) electrons. The number of hydrogen-bond acceptors (Lipinski definition) is 3. The molecule has 0 atom stereocenters. The predicted molar refractivity (Wildman–Crippen MR) is 116 cm³/mol. The van der Waals surface area contributed by atoms with E-state index in [9.17, 15) is 9.18 Å². The second kappa shape index (κ2) is 9.13. The number of carbonyl (C=O) groups excluding carboxylic acids is 1. The van der Waals surface area contributed by atoms with Crippen molar-refractivity contribution in [3.05, 3.63) is 64.0 Å². The van der Waals surface area contributed by atoms with Crippen molar-refractivity contribution < 1.29 is 18.7 Å². The van der Waals surface area contributed by atoms with E-state index >= 15 is 0 Å². The Hall–Kier alpha value is -2.80. The summed E-state index contributed by atoms with van der Waals surface area (Å²) in [6, 6.07) is 10.3. The summed E-state index contributed by atoms with van der Waals surface area (Å²) < 4.78 is 26.8. The lowest BCUT2D eigenvalue weighted by Gasteiger charge is -2.10. The van der Waals surface area contributed by atoms with Gasteiger partial charge in [-0.2, -0.15) is 0 Å². The van der Waals surface area contributed by atoms with Crippen molar-refractivity contribution >= 4 is 38.8 Å². The fraction of sp³-hybridized carbons (Fsp3) is 0.227. The molecule has 1 heterocycles. The van der Waals surface area contributed by atoms with Gasteiger partial charge in [0.05, 0.1) is 18.7 Å². The van der Waals surface area contributed by atoms with E-state index in [2.05, 4.69) is 25.8 Å². The molecule has 0 unspecified atom stereocenters. The second-order valence-electron chi connectivity index (χ2n) is 6.50. The number of carbonyl (C=O) groups is 1. The Kier molecular flexibility index (Phi) is 6.59. The van der Waals surface area contributed by atoms with Gasteiger partial charge < -0.3 is 19.4 Å². The number of amides is 1. The summed E-state index contributed by atoms with van der Waals surface area (Å²) in [5.74, 6) is 0.725. The maximum absolute atomic E-state index is 13.4. The number of hydrogen-bond donors (Lipinski definition) is 1. The van der Waals surface area contributed by atoms with Gasteiger partial charge in [-0.15, -0.1) is 0 Å². The molecule has 0 saturated carbocycles. The monoisotopic (exact) mass is 460 g/mol. The average Bonchev–Trinajstić information content (AvgIpc) is 3.00. The van der Waals surface area contributed by atoms with Crippen molar-refractivity contribution in [2.75, 3.05) is 20.8 Å². The number of fused-ring (bicyclic) bond motifs is 1. The van der Waals surface area contributed by atoms with Crippen molar-refractivity contribution in [2.24, 2.45) is 0 Å². The van der Waals surface area contributed by atoms with E-state index in [0.717, 1.165) is 26.6 Å². The summed E-state index contributed by atoms with van der Waals surface area (Å²) in [4.78, 5) is 12.2. The Labute approximate surface area is 177 Å². The molecule has 0 aliphatic heterocycles. The largest absolute Gasteiger partial charge is 0.493 e. The maximum Gasteiger partial charge on any atom is 0.244 e. The Morgan fingerprint density at radius 1 is 1.21 bits per heavy atom. The number of methoxy groups -OCH3 is 2. The Morgan fingerprint density at radius 2 is 2.00 bits per heavy atom. The molecule has 152 valence electrons. The minimum absolute atomic E-state index is 0.198. The van der Waals surface area contributed by atoms with Crippen LogP contribution in [0.4, 0.5) is 4.39 Å². The van der Waals surface area contributed by atoms with Gasteiger partial charge in [0.15, 0.2) is 11.5 Å². The van der Waals surface area contributed by atoms with Gasteiger partial charge in [-0.3, -0.25) is 4.79 Å². The third-order valence-corrected chi connectivity index (χ3v) is 5.18. The number of nitrogens with one attached hydrogen (secondary N) is 1. The number of rotatable bonds is 7. The average molecular weight is 461 g/mol. The normalized spacial score (nSPS) is 11.2. The van der Waals surface area contributed by atoms with Crippen LogP contribution in [-0.4, -0.2) is 31.2 Å². The van der Waals surface area contributed by atoms with Crippen LogP contribution in [0.15, 0.2) is 46.9 Å². The molecular formula is C22H22BrFN2O3. The minimum atomic E-state index is -0.255. The minimum Gasteiger partial charge on any atom is -0.493 e. The Bertz CT molecular complexity index is 1080. The van der Waals surface area contributed by atoms with E-state index in [1.807, 2.05) is 19.1 Å². The highest BCUT2D eigenvalue weighted by molar-refractivity contribution is 9.10. The summed E-state index contributed by atoms with van der Waals surface area (Å²) >= 11 is 3.44. The number of halogens is 2. The van der Waals surface area contributed by atoms with Crippen LogP contribution in [0.3, 0.4) is 0 Å². The first-order valence-corrected chi connectivity index (χ1v) is 9.85. The number of benzene rings is 2. The molecule has 5 nitrogen and oxygen atoms in total. The highest BCUT2D eigenvalue weighted by Gasteiger charge is 2.10. The van der Waals surface area contributed by atoms with Gasteiger partial charge in [0.2, 0.25) is 5.91 Å². The first kappa shape index (κ1) is 20.9. The SMILES string of the molecule is COc1cc(/C=C/C(=O)NCCn2c(C)cc3cc(F)ccc32)cc(Br)c1OC. The molecule has 0 aliphatic carbocycles. The zero-order valence-corrected chi connectivity index (χ0v) is 18.0. The number of nitrogens with zero attached hydrogens (tertiary/aromatic N) is 1. The number of aromatic nitrogens is 1. The van der Waals surface area contributed by atoms with E-state index in [1.165, 1.54) is 18.2 Å². The molecule has 0 bridgehead atoms. The van der Waals surface area contributed by atoms with Crippen molar-refractivity contribution in [3.8, 4) is 11.5 Å². The van der Waals surface area contributed by atoms with Gasteiger partial charge >= 0.3 is 0 Å². The molecule has 7 heteroatoms. The fourth-order valence-electron chi connectivity index (χ4n) is 3.23. The van der Waals surface area contributed by atoms with Crippen LogP contribution in [0, 0.1) is 12.7 Å². The zero-order chi connectivity index (χ0) is 21.0. The van der Waals surface area contributed by atoms with E-state index in [1.54, 1.807) is 32.4 Å². The number of aryl methyl sites for hydroxylation is 1. The van der Waals surface area contributed by atoms with Crippen LogP contribution in [0.2, 0.25) is 0 Å². The van der Waals surface area contributed by atoms with Gasteiger partial charge in [-0.25, -0.2) is 4.39 Å². The first-order valence-electron chi connectivity index (χ1n) is 9.05. The maximum atomic E-state index is 13.4. The lowest BCUT2D eigenvalue weighted by Crippen LogP contribution is -2.25. The molecule has 2 aromatic carbocycles. The topological polar surface area (TPSA) is 52.5 Å². The van der Waals surface area contributed by atoms with Crippen LogP contribution < -0.4 is 14.8 Å². The summed E-state index contributed by atoms with van der Waals surface area (Å²) in [6.07, 6.45) is 3.19. The first-order chi connectivity index (χ1) is 13.9. The third kappa shape index (κ3) is 4.79. The Morgan fingerprint density at radius 3 is 2.72 bits per heavy atom. The summed E-state index contributed by atoms with van der Waals surface area (Å²) in [6.45, 7) is 3.03. The third-order valence-electron chi connectivity index (χ3n) is 4.59. The van der Waals surface area contributed by atoms with Crippen molar-refractivity contribution in [1.29, 1.82) is 0 Å². The van der Waals surface area contributed by atoms with Crippen LogP contribution in [0.1, 0.15) is 11.3 Å². The molecule has 0 spiro atoms. The molecule has 3 rings (SSSR count). The standard InChI is InChI=1S/C22H22BrFN2O3/c1-14-10-16-13-17(24)5-6-19(16)26(14)9-8-25-21(27)7-4-15-11-18(23)22(29-3)20(12-15)28-2/h4-7,10-13H,8-9H2,1-3H3,(H,25,27)/b7-4+. The van der Waals surface area contributed by atoms with Crippen LogP contribution >= 0.6 is 15.9 Å². The van der Waals surface area contributed by atoms with Gasteiger partial charge in [0.1, 0.15) is 5.82 Å². The van der Waals surface area contributed by atoms with Gasteiger partial charge in [0.25, 0.3) is 0 Å². The number of ether oxygens (including phenoxy) is 2. The van der Waals surface area contributed by atoms with Crippen molar-refractivity contribution in [1.82, 2.24) is 9.88 Å². The highest BCUT2D eigenvalue weighted by Crippen LogP contribution is 2.36. The molecule has 1 aromatic heterocycles. The molecule has 29 heavy (non-hydrogen) atoms. The van der Waals surface area contributed by atoms with Crippen LogP contribution in [-0.2, 0) is 11.3 Å². The van der Waals surface area contributed by atoms with E-state index < -0.39 is 0 Å². The fourth-order valence-corrected chi connectivity index (χ4v) is 3.85. The quantitative estimate of drug-likeness (QED) is 0.520. The van der Waals surface area contributed by atoms with Gasteiger partial charge in [0, 0.05) is 35.8 Å². The molecule has 0 fully saturated rings. The smallest absolute Gasteiger partial charge is 0.244 e. The zero-order valence-electron chi connectivity index (χ0n) is 16.5. The predicted octanol–water partition coefficient (Wildman–Crippen LogP) is 4.70. The molecule has 3 aromatic rings. The summed E-state index contributed by atoms with van der Waals surface area (Å²) in [7, 11) is 3.13.